The Bertz CT molecular complexity index is 1240. The van der Waals surface area contributed by atoms with Gasteiger partial charge in [0.05, 0.1) is 16.8 Å². The van der Waals surface area contributed by atoms with Crippen LogP contribution in [0.2, 0.25) is 5.02 Å². The average Bonchev–Trinajstić information content (AvgIpc) is 2.80. The van der Waals surface area contributed by atoms with Gasteiger partial charge in [0.2, 0.25) is 0 Å². The Hall–Kier alpha value is -3.51. The highest BCUT2D eigenvalue weighted by atomic mass is 35.5. The molecule has 32 heavy (non-hydrogen) atoms. The molecule has 0 spiro atoms. The molecule has 4 aromatic rings. The van der Waals surface area contributed by atoms with Gasteiger partial charge in [-0.15, -0.1) is 0 Å². The number of para-hydroxylation sites is 1. The average molecular weight is 446 g/mol. The fourth-order valence-corrected chi connectivity index (χ4v) is 3.48. The number of anilines is 2. The summed E-state index contributed by atoms with van der Waals surface area (Å²) in [7, 11) is 0. The molecule has 6 nitrogen and oxygen atoms in total. The number of hydrogen-bond donors (Lipinski definition) is 2. The molecule has 0 aliphatic carbocycles. The van der Waals surface area contributed by atoms with Crippen molar-refractivity contribution in [3.63, 3.8) is 0 Å². The number of amides is 1. The third kappa shape index (κ3) is 5.03. The zero-order chi connectivity index (χ0) is 22.5. The van der Waals surface area contributed by atoms with Gasteiger partial charge in [-0.25, -0.2) is 9.97 Å². The first-order valence-electron chi connectivity index (χ1n) is 10.5. The van der Waals surface area contributed by atoms with Gasteiger partial charge < -0.3 is 10.6 Å². The molecule has 0 aliphatic heterocycles. The van der Waals surface area contributed by atoms with Gasteiger partial charge in [-0.3, -0.25) is 9.78 Å². The maximum absolute atomic E-state index is 12.8. The first kappa shape index (κ1) is 21.7. The van der Waals surface area contributed by atoms with Crippen LogP contribution in [0.4, 0.5) is 11.5 Å². The number of rotatable bonds is 7. The minimum atomic E-state index is -0.127. The van der Waals surface area contributed by atoms with Gasteiger partial charge in [-0.05, 0) is 54.8 Å². The van der Waals surface area contributed by atoms with E-state index >= 15 is 0 Å². The van der Waals surface area contributed by atoms with Gasteiger partial charge in [-0.2, -0.15) is 0 Å². The molecular weight excluding hydrogens is 422 g/mol. The van der Waals surface area contributed by atoms with Crippen LogP contribution in [0, 0.1) is 5.92 Å². The standard InChI is InChI=1S/C25H24ClN5O/c1-16(2)11-13-28-25(32)19-7-3-4-8-21(19)30-24-20-14-18(26)9-10-22(20)29-23(31-24)17-6-5-12-27-15-17/h3-10,12,14-16H,11,13H2,1-2H3,(H,28,32)(H,29,30,31). The van der Waals surface area contributed by atoms with E-state index in [4.69, 9.17) is 16.6 Å². The summed E-state index contributed by atoms with van der Waals surface area (Å²) < 4.78 is 0. The second-order valence-corrected chi connectivity index (χ2v) is 8.34. The molecule has 0 radical (unpaired) electrons. The molecule has 7 heteroatoms. The number of aromatic nitrogens is 3. The fourth-order valence-electron chi connectivity index (χ4n) is 3.31. The minimum absolute atomic E-state index is 0.127. The van der Waals surface area contributed by atoms with Crippen molar-refractivity contribution in [1.29, 1.82) is 0 Å². The zero-order valence-corrected chi connectivity index (χ0v) is 18.7. The van der Waals surface area contributed by atoms with Crippen molar-refractivity contribution >= 4 is 39.9 Å². The molecule has 0 fully saturated rings. The lowest BCUT2D eigenvalue weighted by molar-refractivity contribution is 0.0953. The van der Waals surface area contributed by atoms with Crippen LogP contribution in [0.5, 0.6) is 0 Å². The van der Waals surface area contributed by atoms with Gasteiger partial charge >= 0.3 is 0 Å². The van der Waals surface area contributed by atoms with Crippen LogP contribution in [0.25, 0.3) is 22.3 Å². The van der Waals surface area contributed by atoms with E-state index < -0.39 is 0 Å². The van der Waals surface area contributed by atoms with Gasteiger partial charge in [-0.1, -0.05) is 37.6 Å². The molecule has 162 valence electrons. The summed E-state index contributed by atoms with van der Waals surface area (Å²) in [6, 6.07) is 16.6. The number of nitrogens with zero attached hydrogens (tertiary/aromatic N) is 3. The van der Waals surface area contributed by atoms with E-state index in [1.54, 1.807) is 24.5 Å². The van der Waals surface area contributed by atoms with Gasteiger partial charge in [0.1, 0.15) is 5.82 Å². The summed E-state index contributed by atoms with van der Waals surface area (Å²) in [6.07, 6.45) is 4.35. The number of nitrogens with one attached hydrogen (secondary N) is 2. The summed E-state index contributed by atoms with van der Waals surface area (Å²) in [5.74, 6) is 1.50. The van der Waals surface area contributed by atoms with Gasteiger partial charge in [0.25, 0.3) is 5.91 Å². The van der Waals surface area contributed by atoms with E-state index in [1.807, 2.05) is 42.5 Å². The van der Waals surface area contributed by atoms with E-state index in [2.05, 4.69) is 34.4 Å². The second-order valence-electron chi connectivity index (χ2n) is 7.91. The third-order valence-electron chi connectivity index (χ3n) is 5.01. The molecule has 0 saturated carbocycles. The number of fused-ring (bicyclic) bond motifs is 1. The Morgan fingerprint density at radius 1 is 1.06 bits per heavy atom. The van der Waals surface area contributed by atoms with Gasteiger partial charge in [0, 0.05) is 34.9 Å². The molecule has 2 aromatic heterocycles. The molecule has 2 aromatic carbocycles. The van der Waals surface area contributed by atoms with Crippen LogP contribution < -0.4 is 10.6 Å². The summed E-state index contributed by atoms with van der Waals surface area (Å²) in [4.78, 5) is 26.4. The van der Waals surface area contributed by atoms with Crippen molar-refractivity contribution in [3.8, 4) is 11.4 Å². The maximum Gasteiger partial charge on any atom is 0.253 e. The Kier molecular flexibility index (Phi) is 6.61. The molecule has 0 saturated heterocycles. The topological polar surface area (TPSA) is 79.8 Å². The number of pyridine rings is 1. The van der Waals surface area contributed by atoms with Crippen LogP contribution in [0.3, 0.4) is 0 Å². The van der Waals surface area contributed by atoms with Crippen molar-refractivity contribution in [2.75, 3.05) is 11.9 Å². The summed E-state index contributed by atoms with van der Waals surface area (Å²) in [5.41, 5.74) is 2.75. The zero-order valence-electron chi connectivity index (χ0n) is 18.0. The summed E-state index contributed by atoms with van der Waals surface area (Å²) >= 11 is 6.26. The van der Waals surface area contributed by atoms with Crippen LogP contribution in [0.15, 0.2) is 67.0 Å². The quantitative estimate of drug-likeness (QED) is 0.372. The number of hydrogen-bond acceptors (Lipinski definition) is 5. The molecule has 4 rings (SSSR count). The molecule has 2 N–H and O–H groups in total. The lowest BCUT2D eigenvalue weighted by Crippen LogP contribution is -2.26. The van der Waals surface area contributed by atoms with E-state index in [9.17, 15) is 4.79 Å². The fraction of sp³-hybridized carbons (Fsp3) is 0.200. The maximum atomic E-state index is 12.8. The predicted octanol–water partition coefficient (Wildman–Crippen LogP) is 5.86. The molecule has 0 aliphatic rings. The normalized spacial score (nSPS) is 11.0. The van der Waals surface area contributed by atoms with Crippen molar-refractivity contribution in [1.82, 2.24) is 20.3 Å². The van der Waals surface area contributed by atoms with E-state index in [0.29, 0.717) is 40.4 Å². The summed E-state index contributed by atoms with van der Waals surface area (Å²) in [5, 5.41) is 7.69. The SMILES string of the molecule is CC(C)CCNC(=O)c1ccccc1Nc1nc(-c2cccnc2)nc2ccc(Cl)cc12. The van der Waals surface area contributed by atoms with Crippen molar-refractivity contribution < 1.29 is 4.79 Å². The minimum Gasteiger partial charge on any atom is -0.352 e. The predicted molar refractivity (Wildman–Crippen MR) is 129 cm³/mol. The lowest BCUT2D eigenvalue weighted by atomic mass is 10.1. The summed E-state index contributed by atoms with van der Waals surface area (Å²) in [6.45, 7) is 4.89. The highest BCUT2D eigenvalue weighted by Crippen LogP contribution is 2.30. The Balaban J connectivity index is 1.73. The number of carbonyl (C=O) groups excluding carboxylic acids is 1. The Labute approximate surface area is 192 Å². The second kappa shape index (κ2) is 9.75. The smallest absolute Gasteiger partial charge is 0.253 e. The first-order chi connectivity index (χ1) is 15.5. The first-order valence-corrected chi connectivity index (χ1v) is 10.9. The van der Waals surface area contributed by atoms with Crippen molar-refractivity contribution in [2.45, 2.75) is 20.3 Å². The molecule has 2 heterocycles. The third-order valence-corrected chi connectivity index (χ3v) is 5.24. The number of halogens is 1. The monoisotopic (exact) mass is 445 g/mol. The van der Waals surface area contributed by atoms with Crippen LogP contribution >= 0.6 is 11.6 Å². The largest absolute Gasteiger partial charge is 0.352 e. The highest BCUT2D eigenvalue weighted by Gasteiger charge is 2.15. The number of carbonyl (C=O) groups is 1. The Morgan fingerprint density at radius 2 is 1.91 bits per heavy atom. The van der Waals surface area contributed by atoms with Crippen LogP contribution in [-0.4, -0.2) is 27.4 Å². The van der Waals surface area contributed by atoms with Gasteiger partial charge in [0.15, 0.2) is 5.82 Å². The van der Waals surface area contributed by atoms with Crippen molar-refractivity contribution in [3.05, 3.63) is 77.6 Å². The van der Waals surface area contributed by atoms with E-state index in [0.717, 1.165) is 22.9 Å². The Morgan fingerprint density at radius 3 is 2.69 bits per heavy atom. The molecular formula is C25H24ClN5O. The van der Waals surface area contributed by atoms with Crippen molar-refractivity contribution in [2.24, 2.45) is 5.92 Å². The molecule has 1 amide bonds. The van der Waals surface area contributed by atoms with Crippen LogP contribution in [-0.2, 0) is 0 Å². The number of benzene rings is 2. The molecule has 0 bridgehead atoms. The van der Waals surface area contributed by atoms with E-state index in [1.165, 1.54) is 0 Å². The highest BCUT2D eigenvalue weighted by molar-refractivity contribution is 6.31. The lowest BCUT2D eigenvalue weighted by Gasteiger charge is -2.15. The van der Waals surface area contributed by atoms with E-state index in [-0.39, 0.29) is 5.91 Å². The molecule has 0 unspecified atom stereocenters. The molecule has 0 atom stereocenters. The van der Waals surface area contributed by atoms with Crippen LogP contribution in [0.1, 0.15) is 30.6 Å².